The normalized spacial score (nSPS) is 16.9. The Bertz CT molecular complexity index is 555. The van der Waals surface area contributed by atoms with Crippen LogP contribution in [0.4, 0.5) is 13.2 Å². The SMILES string of the molecule is CCNCC1CCN(C(=O)C(C)Cc2ccc(C(F)(F)F)cc2)CC1.Cl. The number of hydrogen-bond acceptors (Lipinski definition) is 2. The highest BCUT2D eigenvalue weighted by Gasteiger charge is 2.30. The molecule has 0 aliphatic carbocycles. The molecule has 3 nitrogen and oxygen atoms in total. The Kier molecular flexibility index (Phi) is 8.90. The number of alkyl halides is 3. The van der Waals surface area contributed by atoms with Gasteiger partial charge in [-0.05, 0) is 56.0 Å². The molecule has 1 atom stereocenters. The first-order valence-electron chi connectivity index (χ1n) is 8.97. The maximum Gasteiger partial charge on any atom is 0.416 e. The van der Waals surface area contributed by atoms with E-state index in [4.69, 9.17) is 0 Å². The number of nitrogens with one attached hydrogen (secondary N) is 1. The van der Waals surface area contributed by atoms with E-state index in [1.807, 2.05) is 11.8 Å². The lowest BCUT2D eigenvalue weighted by atomic mass is 9.94. The average Bonchev–Trinajstić information content (AvgIpc) is 2.59. The van der Waals surface area contributed by atoms with Crippen LogP contribution in [0.3, 0.4) is 0 Å². The predicted molar refractivity (Wildman–Crippen MR) is 99.4 cm³/mol. The fraction of sp³-hybridized carbons (Fsp3) is 0.632. The summed E-state index contributed by atoms with van der Waals surface area (Å²) in [6.45, 7) is 7.44. The van der Waals surface area contributed by atoms with E-state index in [0.717, 1.165) is 56.7 Å². The molecule has 1 unspecified atom stereocenters. The molecule has 0 spiro atoms. The fourth-order valence-electron chi connectivity index (χ4n) is 3.29. The third kappa shape index (κ3) is 6.47. The Balaban J connectivity index is 0.00000338. The molecule has 2 rings (SSSR count). The lowest BCUT2D eigenvalue weighted by Crippen LogP contribution is -2.43. The van der Waals surface area contributed by atoms with Gasteiger partial charge in [-0.1, -0.05) is 26.0 Å². The molecule has 26 heavy (non-hydrogen) atoms. The number of halogens is 4. The molecule has 1 aromatic rings. The maximum absolute atomic E-state index is 12.6. The number of likely N-dealkylation sites (tertiary alicyclic amines) is 1. The van der Waals surface area contributed by atoms with E-state index >= 15 is 0 Å². The summed E-state index contributed by atoms with van der Waals surface area (Å²) in [6.07, 6.45) is -1.84. The van der Waals surface area contributed by atoms with Crippen LogP contribution in [-0.4, -0.2) is 37.0 Å². The molecular formula is C19H28ClF3N2O. The molecule has 1 aliphatic rings. The number of amides is 1. The molecule has 0 aromatic heterocycles. The maximum atomic E-state index is 12.6. The monoisotopic (exact) mass is 392 g/mol. The second-order valence-electron chi connectivity index (χ2n) is 6.88. The van der Waals surface area contributed by atoms with Gasteiger partial charge in [0, 0.05) is 19.0 Å². The van der Waals surface area contributed by atoms with Crippen LogP contribution in [0, 0.1) is 11.8 Å². The second-order valence-corrected chi connectivity index (χ2v) is 6.88. The van der Waals surface area contributed by atoms with Crippen LogP contribution in [0.15, 0.2) is 24.3 Å². The standard InChI is InChI=1S/C19H27F3N2O.ClH/c1-3-23-13-16-8-10-24(11-9-16)18(25)14(2)12-15-4-6-17(7-5-15)19(20,21)22;/h4-7,14,16,23H,3,8-13H2,1-2H3;1H. The molecule has 1 N–H and O–H groups in total. The van der Waals surface area contributed by atoms with Crippen LogP contribution in [0.1, 0.15) is 37.8 Å². The zero-order valence-corrected chi connectivity index (χ0v) is 16.1. The molecule has 1 saturated heterocycles. The Labute approximate surface area is 159 Å². The van der Waals surface area contributed by atoms with Gasteiger partial charge in [0.05, 0.1) is 5.56 Å². The van der Waals surface area contributed by atoms with E-state index in [-0.39, 0.29) is 24.2 Å². The zero-order valence-electron chi connectivity index (χ0n) is 15.3. The van der Waals surface area contributed by atoms with Crippen molar-refractivity contribution in [2.24, 2.45) is 11.8 Å². The van der Waals surface area contributed by atoms with Gasteiger partial charge in [0.2, 0.25) is 5.91 Å². The number of carbonyl (C=O) groups is 1. The van der Waals surface area contributed by atoms with Crippen LogP contribution in [0.25, 0.3) is 0 Å². The molecule has 0 saturated carbocycles. The van der Waals surface area contributed by atoms with E-state index in [2.05, 4.69) is 12.2 Å². The lowest BCUT2D eigenvalue weighted by Gasteiger charge is -2.33. The van der Waals surface area contributed by atoms with Crippen LogP contribution in [0.2, 0.25) is 0 Å². The highest BCUT2D eigenvalue weighted by molar-refractivity contribution is 5.85. The molecule has 148 valence electrons. The van der Waals surface area contributed by atoms with Gasteiger partial charge in [0.15, 0.2) is 0 Å². The smallest absolute Gasteiger partial charge is 0.342 e. The van der Waals surface area contributed by atoms with Crippen molar-refractivity contribution >= 4 is 18.3 Å². The van der Waals surface area contributed by atoms with Crippen molar-refractivity contribution in [2.75, 3.05) is 26.2 Å². The van der Waals surface area contributed by atoms with Crippen molar-refractivity contribution in [1.29, 1.82) is 0 Å². The lowest BCUT2D eigenvalue weighted by molar-refractivity contribution is -0.138. The van der Waals surface area contributed by atoms with Crippen LogP contribution in [-0.2, 0) is 17.4 Å². The van der Waals surface area contributed by atoms with E-state index in [1.54, 1.807) is 0 Å². The number of rotatable bonds is 6. The Morgan fingerprint density at radius 1 is 1.23 bits per heavy atom. The number of benzene rings is 1. The van der Waals surface area contributed by atoms with Crippen molar-refractivity contribution in [3.8, 4) is 0 Å². The van der Waals surface area contributed by atoms with Crippen molar-refractivity contribution in [2.45, 2.75) is 39.3 Å². The Morgan fingerprint density at radius 3 is 2.31 bits per heavy atom. The highest BCUT2D eigenvalue weighted by Crippen LogP contribution is 2.29. The van der Waals surface area contributed by atoms with E-state index in [9.17, 15) is 18.0 Å². The largest absolute Gasteiger partial charge is 0.416 e. The van der Waals surface area contributed by atoms with E-state index in [1.165, 1.54) is 12.1 Å². The summed E-state index contributed by atoms with van der Waals surface area (Å²) in [7, 11) is 0. The van der Waals surface area contributed by atoms with E-state index < -0.39 is 11.7 Å². The quantitative estimate of drug-likeness (QED) is 0.788. The summed E-state index contributed by atoms with van der Waals surface area (Å²) in [5.74, 6) is 0.498. The Hall–Kier alpha value is -1.27. The van der Waals surface area contributed by atoms with Crippen LogP contribution < -0.4 is 5.32 Å². The van der Waals surface area contributed by atoms with Crippen molar-refractivity contribution < 1.29 is 18.0 Å². The summed E-state index contributed by atoms with van der Waals surface area (Å²) in [5, 5.41) is 3.35. The number of piperidine rings is 1. The molecule has 1 heterocycles. The van der Waals surface area contributed by atoms with Gasteiger partial charge >= 0.3 is 6.18 Å². The number of carbonyl (C=O) groups excluding carboxylic acids is 1. The second kappa shape index (κ2) is 10.2. The summed E-state index contributed by atoms with van der Waals surface area (Å²) in [5.41, 5.74) is 0.105. The van der Waals surface area contributed by atoms with Crippen LogP contribution >= 0.6 is 12.4 Å². The van der Waals surface area contributed by atoms with Gasteiger partial charge < -0.3 is 10.2 Å². The zero-order chi connectivity index (χ0) is 18.4. The molecule has 1 amide bonds. The van der Waals surface area contributed by atoms with Gasteiger partial charge in [-0.15, -0.1) is 12.4 Å². The van der Waals surface area contributed by atoms with Gasteiger partial charge in [-0.3, -0.25) is 4.79 Å². The third-order valence-electron chi connectivity index (χ3n) is 4.85. The van der Waals surface area contributed by atoms with Crippen molar-refractivity contribution in [3.63, 3.8) is 0 Å². The summed E-state index contributed by atoms with van der Waals surface area (Å²) < 4.78 is 37.8. The fourth-order valence-corrected chi connectivity index (χ4v) is 3.29. The summed E-state index contributed by atoms with van der Waals surface area (Å²) in [6, 6.07) is 5.10. The van der Waals surface area contributed by atoms with Gasteiger partial charge in [-0.2, -0.15) is 13.2 Å². The summed E-state index contributed by atoms with van der Waals surface area (Å²) >= 11 is 0. The third-order valence-corrected chi connectivity index (χ3v) is 4.85. The minimum atomic E-state index is -4.32. The van der Waals surface area contributed by atoms with Gasteiger partial charge in [-0.25, -0.2) is 0 Å². The molecule has 0 bridgehead atoms. The topological polar surface area (TPSA) is 32.3 Å². The average molecular weight is 393 g/mol. The van der Waals surface area contributed by atoms with Crippen LogP contribution in [0.5, 0.6) is 0 Å². The van der Waals surface area contributed by atoms with Gasteiger partial charge in [0.1, 0.15) is 0 Å². The first-order chi connectivity index (χ1) is 11.8. The van der Waals surface area contributed by atoms with Crippen molar-refractivity contribution in [3.05, 3.63) is 35.4 Å². The number of nitrogens with zero attached hydrogens (tertiary/aromatic N) is 1. The van der Waals surface area contributed by atoms with Crippen molar-refractivity contribution in [1.82, 2.24) is 10.2 Å². The molecule has 7 heteroatoms. The molecule has 0 radical (unpaired) electrons. The van der Waals surface area contributed by atoms with E-state index in [0.29, 0.717) is 12.3 Å². The first-order valence-corrected chi connectivity index (χ1v) is 8.97. The predicted octanol–water partition coefficient (Wildman–Crippen LogP) is 4.15. The van der Waals surface area contributed by atoms with Gasteiger partial charge in [0.25, 0.3) is 0 Å². The molecule has 1 fully saturated rings. The highest BCUT2D eigenvalue weighted by atomic mass is 35.5. The molecule has 1 aromatic carbocycles. The minimum absolute atomic E-state index is 0. The minimum Gasteiger partial charge on any atom is -0.342 e. The molecule has 1 aliphatic heterocycles. The Morgan fingerprint density at radius 2 is 1.81 bits per heavy atom. The first kappa shape index (κ1) is 22.8. The number of hydrogen-bond donors (Lipinski definition) is 1. The summed E-state index contributed by atoms with van der Waals surface area (Å²) in [4.78, 5) is 14.5. The molecular weight excluding hydrogens is 365 g/mol.